The van der Waals surface area contributed by atoms with Crippen molar-refractivity contribution in [2.75, 3.05) is 30.3 Å². The van der Waals surface area contributed by atoms with Crippen molar-refractivity contribution in [1.82, 2.24) is 15.1 Å². The molecule has 1 fully saturated rings. The van der Waals surface area contributed by atoms with Crippen LogP contribution in [0.2, 0.25) is 0 Å². The Labute approximate surface area is 115 Å². The SMILES string of the molecule is Nc1ccc2[nH]nc(C(=O)N3CCS(=O)(=O)CC3)c2c1. The molecule has 3 rings (SSSR count). The van der Waals surface area contributed by atoms with Gasteiger partial charge in [0.25, 0.3) is 5.91 Å². The van der Waals surface area contributed by atoms with E-state index in [0.29, 0.717) is 11.1 Å². The van der Waals surface area contributed by atoms with Gasteiger partial charge in [-0.15, -0.1) is 0 Å². The first-order valence-electron chi connectivity index (χ1n) is 6.19. The number of carbonyl (C=O) groups is 1. The number of hydrogen-bond donors (Lipinski definition) is 2. The summed E-state index contributed by atoms with van der Waals surface area (Å²) in [6.07, 6.45) is 0. The number of fused-ring (bicyclic) bond motifs is 1. The molecule has 1 saturated heterocycles. The minimum atomic E-state index is -3.01. The molecule has 0 saturated carbocycles. The quantitative estimate of drug-likeness (QED) is 0.720. The molecule has 2 aromatic rings. The lowest BCUT2D eigenvalue weighted by molar-refractivity contribution is 0.0766. The Morgan fingerprint density at radius 2 is 2.00 bits per heavy atom. The number of nitrogen functional groups attached to an aromatic ring is 1. The summed E-state index contributed by atoms with van der Waals surface area (Å²) in [6, 6.07) is 5.17. The average Bonchev–Trinajstić information content (AvgIpc) is 2.81. The van der Waals surface area contributed by atoms with Gasteiger partial charge in [0.15, 0.2) is 15.5 Å². The van der Waals surface area contributed by atoms with Crippen LogP contribution in [0.5, 0.6) is 0 Å². The van der Waals surface area contributed by atoms with E-state index in [1.54, 1.807) is 18.2 Å². The van der Waals surface area contributed by atoms with E-state index in [1.165, 1.54) is 4.90 Å². The largest absolute Gasteiger partial charge is 0.399 e. The van der Waals surface area contributed by atoms with Crippen molar-refractivity contribution in [3.05, 3.63) is 23.9 Å². The molecule has 0 aliphatic carbocycles. The average molecular weight is 294 g/mol. The summed E-state index contributed by atoms with van der Waals surface area (Å²) < 4.78 is 22.8. The molecular formula is C12H14N4O3S. The number of nitrogens with two attached hydrogens (primary N) is 1. The summed E-state index contributed by atoms with van der Waals surface area (Å²) in [5.41, 5.74) is 7.28. The summed E-state index contributed by atoms with van der Waals surface area (Å²) in [5.74, 6) is -0.260. The van der Waals surface area contributed by atoms with Crippen LogP contribution in [0, 0.1) is 0 Å². The van der Waals surface area contributed by atoms with E-state index in [-0.39, 0.29) is 36.2 Å². The molecule has 1 aliphatic rings. The van der Waals surface area contributed by atoms with E-state index in [0.717, 1.165) is 5.52 Å². The molecular weight excluding hydrogens is 280 g/mol. The molecule has 0 bridgehead atoms. The third-order valence-electron chi connectivity index (χ3n) is 3.42. The number of hydrogen-bond acceptors (Lipinski definition) is 5. The maximum absolute atomic E-state index is 12.4. The third-order valence-corrected chi connectivity index (χ3v) is 5.03. The number of aromatic amines is 1. The Morgan fingerprint density at radius 3 is 2.70 bits per heavy atom. The number of benzene rings is 1. The molecule has 1 aromatic carbocycles. The summed E-state index contributed by atoms with van der Waals surface area (Å²) in [6.45, 7) is 0.412. The number of H-pyrrole nitrogens is 1. The van der Waals surface area contributed by atoms with Crippen molar-refractivity contribution in [2.45, 2.75) is 0 Å². The number of amides is 1. The van der Waals surface area contributed by atoms with Crippen molar-refractivity contribution in [3.63, 3.8) is 0 Å². The zero-order chi connectivity index (χ0) is 14.3. The second-order valence-corrected chi connectivity index (χ2v) is 7.12. The summed E-state index contributed by atoms with van der Waals surface area (Å²) in [4.78, 5) is 13.9. The van der Waals surface area contributed by atoms with E-state index >= 15 is 0 Å². The molecule has 1 aromatic heterocycles. The number of carbonyl (C=O) groups excluding carboxylic acids is 1. The zero-order valence-electron chi connectivity index (χ0n) is 10.7. The highest BCUT2D eigenvalue weighted by Crippen LogP contribution is 2.20. The smallest absolute Gasteiger partial charge is 0.275 e. The number of aromatic nitrogens is 2. The molecule has 8 heteroatoms. The molecule has 7 nitrogen and oxygen atoms in total. The molecule has 20 heavy (non-hydrogen) atoms. The van der Waals surface area contributed by atoms with Gasteiger partial charge in [-0.05, 0) is 18.2 Å². The van der Waals surface area contributed by atoms with Crippen LogP contribution in [0.25, 0.3) is 10.9 Å². The number of nitrogens with zero attached hydrogens (tertiary/aromatic N) is 2. The monoisotopic (exact) mass is 294 g/mol. The van der Waals surface area contributed by atoms with Gasteiger partial charge in [0.05, 0.1) is 17.0 Å². The van der Waals surface area contributed by atoms with E-state index < -0.39 is 9.84 Å². The molecule has 0 unspecified atom stereocenters. The second kappa shape index (κ2) is 4.48. The van der Waals surface area contributed by atoms with E-state index in [1.807, 2.05) is 0 Å². The van der Waals surface area contributed by atoms with Crippen molar-refractivity contribution in [1.29, 1.82) is 0 Å². The Bertz CT molecular complexity index is 767. The van der Waals surface area contributed by atoms with Crippen LogP contribution in [-0.2, 0) is 9.84 Å². The van der Waals surface area contributed by atoms with Crippen molar-refractivity contribution in [2.24, 2.45) is 0 Å². The van der Waals surface area contributed by atoms with Crippen LogP contribution >= 0.6 is 0 Å². The Balaban J connectivity index is 1.91. The number of nitrogens with one attached hydrogen (secondary N) is 1. The van der Waals surface area contributed by atoms with Crippen LogP contribution in [0.15, 0.2) is 18.2 Å². The van der Waals surface area contributed by atoms with Crippen LogP contribution in [0.3, 0.4) is 0 Å². The topological polar surface area (TPSA) is 109 Å². The lowest BCUT2D eigenvalue weighted by Crippen LogP contribution is -2.43. The van der Waals surface area contributed by atoms with Gasteiger partial charge in [0, 0.05) is 24.2 Å². The van der Waals surface area contributed by atoms with Gasteiger partial charge in [-0.25, -0.2) is 8.42 Å². The molecule has 0 atom stereocenters. The van der Waals surface area contributed by atoms with Crippen LogP contribution in [0.4, 0.5) is 5.69 Å². The first-order chi connectivity index (χ1) is 9.46. The predicted molar refractivity (Wildman–Crippen MR) is 75.1 cm³/mol. The highest BCUT2D eigenvalue weighted by molar-refractivity contribution is 7.91. The number of rotatable bonds is 1. The van der Waals surface area contributed by atoms with Gasteiger partial charge in [0.1, 0.15) is 0 Å². The summed E-state index contributed by atoms with van der Waals surface area (Å²) in [7, 11) is -3.01. The van der Waals surface area contributed by atoms with Crippen LogP contribution in [-0.4, -0.2) is 54.0 Å². The third kappa shape index (κ3) is 2.22. The van der Waals surface area contributed by atoms with Gasteiger partial charge in [0.2, 0.25) is 0 Å². The maximum Gasteiger partial charge on any atom is 0.275 e. The lowest BCUT2D eigenvalue weighted by atomic mass is 10.1. The predicted octanol–water partition coefficient (Wildman–Crippen LogP) is 0.0157. The van der Waals surface area contributed by atoms with Crippen LogP contribution < -0.4 is 5.73 Å². The van der Waals surface area contributed by atoms with Gasteiger partial charge >= 0.3 is 0 Å². The van der Waals surface area contributed by atoms with Crippen LogP contribution in [0.1, 0.15) is 10.5 Å². The molecule has 0 radical (unpaired) electrons. The zero-order valence-corrected chi connectivity index (χ0v) is 11.5. The second-order valence-electron chi connectivity index (χ2n) is 4.82. The Kier molecular flexibility index (Phi) is 2.89. The first-order valence-corrected chi connectivity index (χ1v) is 8.02. The molecule has 1 aliphatic heterocycles. The number of sulfone groups is 1. The first kappa shape index (κ1) is 12.9. The standard InChI is InChI=1S/C12H14N4O3S/c13-8-1-2-10-9(7-8)11(15-14-10)12(17)16-3-5-20(18,19)6-4-16/h1-2,7H,3-6,13H2,(H,14,15). The number of anilines is 1. The minimum absolute atomic E-state index is 0.00321. The van der Waals surface area contributed by atoms with Gasteiger partial charge in [-0.2, -0.15) is 5.10 Å². The maximum atomic E-state index is 12.4. The summed E-state index contributed by atoms with van der Waals surface area (Å²) >= 11 is 0. The van der Waals surface area contributed by atoms with E-state index in [2.05, 4.69) is 10.2 Å². The van der Waals surface area contributed by atoms with Crippen molar-refractivity contribution in [3.8, 4) is 0 Å². The molecule has 0 spiro atoms. The summed E-state index contributed by atoms with van der Waals surface area (Å²) in [5, 5.41) is 7.46. The Morgan fingerprint density at radius 1 is 1.30 bits per heavy atom. The Hall–Kier alpha value is -2.09. The van der Waals surface area contributed by atoms with E-state index in [9.17, 15) is 13.2 Å². The van der Waals surface area contributed by atoms with Crippen molar-refractivity contribution >= 4 is 32.3 Å². The molecule has 3 N–H and O–H groups in total. The minimum Gasteiger partial charge on any atom is -0.399 e. The molecule has 2 heterocycles. The fourth-order valence-electron chi connectivity index (χ4n) is 2.26. The van der Waals surface area contributed by atoms with Crippen molar-refractivity contribution < 1.29 is 13.2 Å². The molecule has 1 amide bonds. The van der Waals surface area contributed by atoms with Gasteiger partial charge in [-0.1, -0.05) is 0 Å². The highest BCUT2D eigenvalue weighted by atomic mass is 32.2. The molecule has 106 valence electrons. The fraction of sp³-hybridized carbons (Fsp3) is 0.333. The fourth-order valence-corrected chi connectivity index (χ4v) is 3.46. The lowest BCUT2D eigenvalue weighted by Gasteiger charge is -2.26. The van der Waals surface area contributed by atoms with Gasteiger partial charge < -0.3 is 10.6 Å². The van der Waals surface area contributed by atoms with Gasteiger partial charge in [-0.3, -0.25) is 9.89 Å². The van der Waals surface area contributed by atoms with E-state index in [4.69, 9.17) is 5.73 Å². The normalized spacial score (nSPS) is 18.3. The highest BCUT2D eigenvalue weighted by Gasteiger charge is 2.27.